The average molecular weight is 816 g/mol. The molecule has 0 saturated heterocycles. The van der Waals surface area contributed by atoms with Crippen LogP contribution in [0.5, 0.6) is 0 Å². The molecule has 0 amide bonds. The van der Waals surface area contributed by atoms with Crippen molar-refractivity contribution in [1.82, 2.24) is 24.1 Å². The molecule has 298 valence electrons. The van der Waals surface area contributed by atoms with Gasteiger partial charge in [0.2, 0.25) is 0 Å². The predicted molar refractivity (Wildman–Crippen MR) is 265 cm³/mol. The lowest BCUT2D eigenvalue weighted by Crippen LogP contribution is -2.03. The van der Waals surface area contributed by atoms with Gasteiger partial charge in [0.15, 0.2) is 17.5 Å². The van der Waals surface area contributed by atoms with Gasteiger partial charge in [-0.2, -0.15) is 0 Å². The van der Waals surface area contributed by atoms with E-state index in [1.807, 2.05) is 24.3 Å². The van der Waals surface area contributed by atoms with Crippen LogP contribution in [0.15, 0.2) is 224 Å². The number of hydrogen-bond acceptors (Lipinski definition) is 3. The van der Waals surface area contributed by atoms with E-state index in [1.54, 1.807) is 0 Å². The van der Waals surface area contributed by atoms with Gasteiger partial charge >= 0.3 is 0 Å². The first kappa shape index (κ1) is 36.0. The largest absolute Gasteiger partial charge is 0.309 e. The van der Waals surface area contributed by atoms with Gasteiger partial charge in [-0.15, -0.1) is 0 Å². The molecular formula is C59H37N5. The maximum atomic E-state index is 5.42. The van der Waals surface area contributed by atoms with E-state index >= 15 is 0 Å². The Labute approximate surface area is 368 Å². The Hall–Kier alpha value is -8.67. The lowest BCUT2D eigenvalue weighted by Gasteiger charge is -2.15. The summed E-state index contributed by atoms with van der Waals surface area (Å²) < 4.78 is 4.82. The van der Waals surface area contributed by atoms with Gasteiger partial charge in [-0.1, -0.05) is 176 Å². The van der Waals surface area contributed by atoms with Crippen molar-refractivity contribution in [3.05, 3.63) is 224 Å². The molecule has 0 aliphatic rings. The molecule has 0 aliphatic heterocycles. The van der Waals surface area contributed by atoms with Gasteiger partial charge in [0, 0.05) is 44.0 Å². The summed E-state index contributed by atoms with van der Waals surface area (Å²) >= 11 is 0. The Bertz CT molecular complexity index is 3940. The van der Waals surface area contributed by atoms with E-state index in [0.29, 0.717) is 17.5 Å². The highest BCUT2D eigenvalue weighted by atomic mass is 15.1. The molecule has 3 heterocycles. The molecule has 3 aromatic heterocycles. The fourth-order valence-corrected chi connectivity index (χ4v) is 9.76. The van der Waals surface area contributed by atoms with Crippen molar-refractivity contribution in [1.29, 1.82) is 0 Å². The second kappa shape index (κ2) is 14.5. The maximum absolute atomic E-state index is 5.42. The molecule has 0 fully saturated rings. The number of hydrogen-bond donors (Lipinski definition) is 0. The van der Waals surface area contributed by atoms with E-state index in [-0.39, 0.29) is 0 Å². The highest BCUT2D eigenvalue weighted by Gasteiger charge is 2.24. The molecule has 64 heavy (non-hydrogen) atoms. The van der Waals surface area contributed by atoms with Gasteiger partial charge in [-0.25, -0.2) is 15.0 Å². The standard InChI is InChI=1S/C59H37N5/c1-3-15-38(16-4-1)40-27-29-42(30-28-40)58-60-57(41-18-5-2-6-19-41)61-59(62-58)55-47-22-10-9-21-44(47)36-51-49-24-12-14-26-53(49)64(56(51)55)46-33-34-54-50(37-46)48-23-11-13-25-52(48)63(54)45-32-31-39-17-7-8-20-43(39)35-45/h1-37H. The minimum absolute atomic E-state index is 0.620. The third kappa shape index (κ3) is 5.75. The topological polar surface area (TPSA) is 48.5 Å². The van der Waals surface area contributed by atoms with E-state index in [1.165, 1.54) is 27.1 Å². The first-order valence-electron chi connectivity index (χ1n) is 21.7. The van der Waals surface area contributed by atoms with Gasteiger partial charge in [0.1, 0.15) is 0 Å². The minimum Gasteiger partial charge on any atom is -0.309 e. The summed E-state index contributed by atoms with van der Waals surface area (Å²) in [6.45, 7) is 0. The van der Waals surface area contributed by atoms with E-state index in [9.17, 15) is 0 Å². The van der Waals surface area contributed by atoms with Crippen LogP contribution in [0.2, 0.25) is 0 Å². The molecule has 0 saturated carbocycles. The predicted octanol–water partition coefficient (Wildman–Crippen LogP) is 15.0. The number of aromatic nitrogens is 5. The van der Waals surface area contributed by atoms with E-state index < -0.39 is 0 Å². The number of rotatable bonds is 6. The number of fused-ring (bicyclic) bond motifs is 8. The van der Waals surface area contributed by atoms with Crippen molar-refractivity contribution >= 4 is 65.2 Å². The van der Waals surface area contributed by atoms with Crippen molar-refractivity contribution in [2.75, 3.05) is 0 Å². The monoisotopic (exact) mass is 815 g/mol. The molecular weight excluding hydrogens is 779 g/mol. The van der Waals surface area contributed by atoms with Gasteiger partial charge in [0.05, 0.1) is 27.6 Å². The van der Waals surface area contributed by atoms with Crippen LogP contribution < -0.4 is 0 Å². The smallest absolute Gasteiger partial charge is 0.166 e. The maximum Gasteiger partial charge on any atom is 0.166 e. The Morgan fingerprint density at radius 3 is 1.48 bits per heavy atom. The van der Waals surface area contributed by atoms with E-state index in [2.05, 4.69) is 209 Å². The zero-order chi connectivity index (χ0) is 42.1. The molecule has 0 atom stereocenters. The number of para-hydroxylation sites is 2. The molecule has 0 radical (unpaired) electrons. The van der Waals surface area contributed by atoms with Crippen molar-refractivity contribution in [3.8, 4) is 56.7 Å². The molecule has 10 aromatic carbocycles. The highest BCUT2D eigenvalue weighted by Crippen LogP contribution is 2.44. The zero-order valence-electron chi connectivity index (χ0n) is 34.6. The lowest BCUT2D eigenvalue weighted by atomic mass is 9.99. The van der Waals surface area contributed by atoms with Crippen LogP contribution in [0.25, 0.3) is 122 Å². The molecule has 5 nitrogen and oxygen atoms in total. The third-order valence-electron chi connectivity index (χ3n) is 12.7. The summed E-state index contributed by atoms with van der Waals surface area (Å²) in [6.07, 6.45) is 0. The van der Waals surface area contributed by atoms with E-state index in [0.717, 1.165) is 77.3 Å². The lowest BCUT2D eigenvalue weighted by molar-refractivity contribution is 1.07. The Morgan fingerprint density at radius 2 is 0.750 bits per heavy atom. The fourth-order valence-electron chi connectivity index (χ4n) is 9.76. The highest BCUT2D eigenvalue weighted by molar-refractivity contribution is 6.21. The number of nitrogens with zero attached hydrogens (tertiary/aromatic N) is 5. The molecule has 5 heteroatoms. The summed E-state index contributed by atoms with van der Waals surface area (Å²) in [5, 5.41) is 9.32. The molecule has 13 rings (SSSR count). The van der Waals surface area contributed by atoms with Crippen LogP contribution in [-0.2, 0) is 0 Å². The number of benzene rings is 10. The summed E-state index contributed by atoms with van der Waals surface area (Å²) in [5.74, 6) is 1.87. The molecule has 0 aliphatic carbocycles. The fraction of sp³-hybridized carbons (Fsp3) is 0. The van der Waals surface area contributed by atoms with Gasteiger partial charge in [-0.3, -0.25) is 0 Å². The van der Waals surface area contributed by atoms with Crippen LogP contribution in [0.4, 0.5) is 0 Å². The normalized spacial score (nSPS) is 11.8. The van der Waals surface area contributed by atoms with Crippen molar-refractivity contribution in [3.63, 3.8) is 0 Å². The summed E-state index contributed by atoms with van der Waals surface area (Å²) in [5.41, 5.74) is 11.8. The molecule has 0 unspecified atom stereocenters. The van der Waals surface area contributed by atoms with Crippen molar-refractivity contribution in [2.45, 2.75) is 0 Å². The van der Waals surface area contributed by atoms with E-state index in [4.69, 9.17) is 15.0 Å². The SMILES string of the molecule is c1ccc(-c2ccc(-c3nc(-c4ccccc4)nc(-c4c5ccccc5cc5c6ccccc6n(-c6ccc7c(c6)c6ccccc6n7-c6ccc7ccccc7c6)c45)n3)cc2)cc1. The summed E-state index contributed by atoms with van der Waals surface area (Å²) in [4.78, 5) is 16.0. The zero-order valence-corrected chi connectivity index (χ0v) is 34.6. The molecule has 0 spiro atoms. The Kier molecular flexibility index (Phi) is 8.15. The quantitative estimate of drug-likeness (QED) is 0.168. The van der Waals surface area contributed by atoms with Crippen LogP contribution >= 0.6 is 0 Å². The minimum atomic E-state index is 0.620. The second-order valence-electron chi connectivity index (χ2n) is 16.4. The third-order valence-corrected chi connectivity index (χ3v) is 12.7. The second-order valence-corrected chi connectivity index (χ2v) is 16.4. The van der Waals surface area contributed by atoms with Crippen molar-refractivity contribution in [2.24, 2.45) is 0 Å². The average Bonchev–Trinajstić information content (AvgIpc) is 3.88. The molecule has 13 aromatic rings. The molecule has 0 bridgehead atoms. The summed E-state index contributed by atoms with van der Waals surface area (Å²) in [6, 6.07) is 79.9. The van der Waals surface area contributed by atoms with Crippen LogP contribution in [0.3, 0.4) is 0 Å². The van der Waals surface area contributed by atoms with Gasteiger partial charge < -0.3 is 9.13 Å². The first-order valence-corrected chi connectivity index (χ1v) is 21.7. The van der Waals surface area contributed by atoms with Crippen molar-refractivity contribution < 1.29 is 0 Å². The van der Waals surface area contributed by atoms with Crippen LogP contribution in [-0.4, -0.2) is 24.1 Å². The Morgan fingerprint density at radius 1 is 0.266 bits per heavy atom. The van der Waals surface area contributed by atoms with Gasteiger partial charge in [-0.05, 0) is 81.2 Å². The van der Waals surface area contributed by atoms with Crippen LogP contribution in [0.1, 0.15) is 0 Å². The molecule has 0 N–H and O–H groups in total. The van der Waals surface area contributed by atoms with Crippen LogP contribution in [0, 0.1) is 0 Å². The first-order chi connectivity index (χ1) is 31.7. The summed E-state index contributed by atoms with van der Waals surface area (Å²) in [7, 11) is 0. The van der Waals surface area contributed by atoms with Gasteiger partial charge in [0.25, 0.3) is 0 Å². The Balaban J connectivity index is 1.09.